The number of rotatable bonds is 6. The third-order valence-electron chi connectivity index (χ3n) is 4.50. The van der Waals surface area contributed by atoms with Gasteiger partial charge in [-0.3, -0.25) is 9.78 Å². The molecular weight excluding hydrogens is 409 g/mol. The lowest BCUT2D eigenvalue weighted by molar-refractivity contribution is 0.0952. The minimum Gasteiger partial charge on any atom is -0.390 e. The van der Waals surface area contributed by atoms with E-state index in [9.17, 15) is 9.18 Å². The van der Waals surface area contributed by atoms with Crippen molar-refractivity contribution in [2.45, 2.75) is 19.6 Å². The second-order valence-electron chi connectivity index (χ2n) is 6.67. The number of carbonyl (C=O) groups is 1. The summed E-state index contributed by atoms with van der Waals surface area (Å²) in [6.45, 7) is 0.0552. The van der Waals surface area contributed by atoms with E-state index < -0.39 is 5.82 Å². The molecule has 0 aliphatic rings. The van der Waals surface area contributed by atoms with Gasteiger partial charge >= 0.3 is 0 Å². The van der Waals surface area contributed by atoms with Crippen LogP contribution in [-0.2, 0) is 19.6 Å². The number of benzene rings is 1. The Morgan fingerprint density at radius 3 is 2.80 bits per heavy atom. The third kappa shape index (κ3) is 4.29. The Kier molecular flexibility index (Phi) is 5.69. The zero-order valence-electron chi connectivity index (χ0n) is 15.7. The topological polar surface area (TPSA) is 92.4 Å². The monoisotopic (exact) mass is 425 g/mol. The van der Waals surface area contributed by atoms with Crippen LogP contribution in [0.2, 0.25) is 5.02 Å². The molecule has 7 nitrogen and oxygen atoms in total. The molecule has 1 amide bonds. The third-order valence-corrected chi connectivity index (χ3v) is 4.79. The van der Waals surface area contributed by atoms with E-state index in [1.807, 2.05) is 0 Å². The highest BCUT2D eigenvalue weighted by Crippen LogP contribution is 2.19. The molecule has 4 aromatic rings. The Morgan fingerprint density at radius 2 is 2.00 bits per heavy atom. The number of hydrogen-bond acceptors (Lipinski definition) is 5. The molecule has 0 atom stereocenters. The van der Waals surface area contributed by atoms with Crippen LogP contribution >= 0.6 is 11.6 Å². The molecule has 0 spiro atoms. The van der Waals surface area contributed by atoms with Gasteiger partial charge in [-0.2, -0.15) is 5.10 Å². The highest BCUT2D eigenvalue weighted by Gasteiger charge is 2.14. The lowest BCUT2D eigenvalue weighted by Gasteiger charge is -2.06. The quantitative estimate of drug-likeness (QED) is 0.495. The van der Waals surface area contributed by atoms with E-state index in [0.29, 0.717) is 29.0 Å². The van der Waals surface area contributed by atoms with Crippen molar-refractivity contribution >= 4 is 23.2 Å². The van der Waals surface area contributed by atoms with Crippen molar-refractivity contribution in [3.05, 3.63) is 93.9 Å². The summed E-state index contributed by atoms with van der Waals surface area (Å²) in [5, 5.41) is 16.2. The Morgan fingerprint density at radius 1 is 1.17 bits per heavy atom. The summed E-state index contributed by atoms with van der Waals surface area (Å²) in [7, 11) is 0. The van der Waals surface area contributed by atoms with Crippen LogP contribution in [0.3, 0.4) is 0 Å². The first kappa shape index (κ1) is 19.9. The average molecular weight is 426 g/mol. The summed E-state index contributed by atoms with van der Waals surface area (Å²) in [5.74, 6) is -0.790. The largest absolute Gasteiger partial charge is 0.390 e. The second kappa shape index (κ2) is 8.56. The molecule has 0 bridgehead atoms. The van der Waals surface area contributed by atoms with Gasteiger partial charge in [0.15, 0.2) is 5.65 Å². The zero-order valence-corrected chi connectivity index (χ0v) is 16.5. The van der Waals surface area contributed by atoms with Crippen LogP contribution in [0.25, 0.3) is 5.65 Å². The van der Waals surface area contributed by atoms with Crippen LogP contribution in [0, 0.1) is 5.82 Å². The lowest BCUT2D eigenvalue weighted by atomic mass is 10.1. The van der Waals surface area contributed by atoms with Gasteiger partial charge in [-0.25, -0.2) is 13.9 Å². The van der Waals surface area contributed by atoms with Crippen molar-refractivity contribution < 1.29 is 14.3 Å². The van der Waals surface area contributed by atoms with Gasteiger partial charge in [0.25, 0.3) is 5.91 Å². The van der Waals surface area contributed by atoms with Gasteiger partial charge in [-0.05, 0) is 35.4 Å². The van der Waals surface area contributed by atoms with Crippen molar-refractivity contribution in [1.82, 2.24) is 24.9 Å². The van der Waals surface area contributed by atoms with Gasteiger partial charge < -0.3 is 10.4 Å². The summed E-state index contributed by atoms with van der Waals surface area (Å²) in [5.41, 5.74) is 3.61. The van der Waals surface area contributed by atoms with Crippen LogP contribution in [0.15, 0.2) is 55.0 Å². The minimum absolute atomic E-state index is 0.0681. The highest BCUT2D eigenvalue weighted by atomic mass is 35.5. The fourth-order valence-corrected chi connectivity index (χ4v) is 3.24. The van der Waals surface area contributed by atoms with Crippen molar-refractivity contribution in [3.63, 3.8) is 0 Å². The van der Waals surface area contributed by atoms with Crippen LogP contribution < -0.4 is 5.32 Å². The van der Waals surface area contributed by atoms with Gasteiger partial charge in [-0.15, -0.1) is 0 Å². The summed E-state index contributed by atoms with van der Waals surface area (Å²) in [6.07, 6.45) is 5.37. The summed E-state index contributed by atoms with van der Waals surface area (Å²) >= 11 is 5.83. The molecule has 0 unspecified atom stereocenters. The number of aliphatic hydroxyl groups excluding tert-OH is 1. The van der Waals surface area contributed by atoms with Crippen LogP contribution in [-0.4, -0.2) is 30.6 Å². The van der Waals surface area contributed by atoms with E-state index in [2.05, 4.69) is 20.4 Å². The van der Waals surface area contributed by atoms with E-state index in [1.165, 1.54) is 16.8 Å². The van der Waals surface area contributed by atoms with Crippen LogP contribution in [0.4, 0.5) is 4.39 Å². The predicted molar refractivity (Wildman–Crippen MR) is 109 cm³/mol. The molecule has 0 radical (unpaired) electrons. The van der Waals surface area contributed by atoms with E-state index in [-0.39, 0.29) is 24.1 Å². The zero-order chi connectivity index (χ0) is 21.1. The number of nitrogens with one attached hydrogen (secondary N) is 1. The smallest absolute Gasteiger partial charge is 0.257 e. The number of halogens is 2. The molecule has 30 heavy (non-hydrogen) atoms. The van der Waals surface area contributed by atoms with E-state index >= 15 is 0 Å². The number of aliphatic hydroxyl groups is 1. The van der Waals surface area contributed by atoms with Crippen molar-refractivity contribution in [1.29, 1.82) is 0 Å². The molecule has 3 aromatic heterocycles. The maximum atomic E-state index is 13.3. The number of pyridine rings is 1. The Labute approximate surface area is 176 Å². The van der Waals surface area contributed by atoms with E-state index in [1.54, 1.807) is 42.7 Å². The van der Waals surface area contributed by atoms with Gasteiger partial charge in [0.05, 0.1) is 35.8 Å². The first-order chi connectivity index (χ1) is 14.5. The number of fused-ring (bicyclic) bond motifs is 1. The molecule has 4 rings (SSSR count). The first-order valence-corrected chi connectivity index (χ1v) is 9.51. The molecule has 0 aliphatic carbocycles. The highest BCUT2D eigenvalue weighted by molar-refractivity contribution is 6.30. The second-order valence-corrected chi connectivity index (χ2v) is 7.08. The van der Waals surface area contributed by atoms with Crippen molar-refractivity contribution in [2.75, 3.05) is 0 Å². The first-order valence-electron chi connectivity index (χ1n) is 9.13. The summed E-state index contributed by atoms with van der Waals surface area (Å²) in [4.78, 5) is 21.2. The lowest BCUT2D eigenvalue weighted by Crippen LogP contribution is -2.23. The number of amides is 1. The molecular formula is C21H17ClFN5O2. The summed E-state index contributed by atoms with van der Waals surface area (Å²) < 4.78 is 14.8. The molecule has 0 fully saturated rings. The average Bonchev–Trinajstić information content (AvgIpc) is 3.18. The van der Waals surface area contributed by atoms with E-state index in [0.717, 1.165) is 11.1 Å². The molecule has 2 N–H and O–H groups in total. The van der Waals surface area contributed by atoms with E-state index in [4.69, 9.17) is 16.7 Å². The Hall–Kier alpha value is -3.36. The van der Waals surface area contributed by atoms with Crippen LogP contribution in [0.5, 0.6) is 0 Å². The van der Waals surface area contributed by atoms with Crippen molar-refractivity contribution in [2.24, 2.45) is 0 Å². The standard InChI is InChI=1S/C21H17ClFN5O2/c22-18-7-13(4-5-19(18)23)6-14-8-24-20-17(10-26-28(20)11-14)21(30)25-9-15-2-1-3-16(12-29)27-15/h1-5,7-8,10-11,29H,6,9,12H2,(H,25,30). The number of nitrogens with zero attached hydrogens (tertiary/aromatic N) is 4. The number of carbonyl (C=O) groups excluding carboxylic acids is 1. The van der Waals surface area contributed by atoms with Gasteiger partial charge in [-0.1, -0.05) is 23.7 Å². The normalized spacial score (nSPS) is 11.0. The number of aromatic nitrogens is 4. The Balaban J connectivity index is 1.48. The van der Waals surface area contributed by atoms with Gasteiger partial charge in [0.2, 0.25) is 0 Å². The molecule has 0 saturated heterocycles. The molecule has 152 valence electrons. The molecule has 9 heteroatoms. The van der Waals surface area contributed by atoms with Gasteiger partial charge in [0, 0.05) is 18.8 Å². The molecule has 0 aliphatic heterocycles. The fraction of sp³-hybridized carbons (Fsp3) is 0.143. The molecule has 0 saturated carbocycles. The maximum absolute atomic E-state index is 13.3. The number of hydrogen-bond donors (Lipinski definition) is 2. The summed E-state index contributed by atoms with van der Waals surface area (Å²) in [6, 6.07) is 9.80. The fourth-order valence-electron chi connectivity index (χ4n) is 3.03. The Bertz CT molecular complexity index is 1230. The van der Waals surface area contributed by atoms with Gasteiger partial charge in [0.1, 0.15) is 11.4 Å². The van der Waals surface area contributed by atoms with Crippen molar-refractivity contribution in [3.8, 4) is 0 Å². The SMILES string of the molecule is O=C(NCc1cccc(CO)n1)c1cnn2cc(Cc3ccc(F)c(Cl)c3)cnc12. The molecule has 1 aromatic carbocycles. The predicted octanol–water partition coefficient (Wildman–Crippen LogP) is 2.93. The maximum Gasteiger partial charge on any atom is 0.257 e. The molecule has 3 heterocycles. The minimum atomic E-state index is -0.463. The van der Waals surface area contributed by atoms with Crippen LogP contribution in [0.1, 0.15) is 32.9 Å².